The fourth-order valence-electron chi connectivity index (χ4n) is 3.88. The van der Waals surface area contributed by atoms with E-state index in [0.29, 0.717) is 23.6 Å². The van der Waals surface area contributed by atoms with E-state index in [0.717, 1.165) is 4.31 Å². The Morgan fingerprint density at radius 1 is 0.973 bits per heavy atom. The number of hydrogen-bond donors (Lipinski definition) is 1. The minimum absolute atomic E-state index is 0.00336. The molecule has 0 aliphatic carbocycles. The molecule has 2 amide bonds. The number of halogens is 2. The summed E-state index contributed by atoms with van der Waals surface area (Å²) in [7, 11) is -4.16. The van der Waals surface area contributed by atoms with Crippen molar-refractivity contribution in [3.05, 3.63) is 95.3 Å². The molecule has 196 valence electrons. The molecule has 37 heavy (non-hydrogen) atoms. The molecule has 0 unspecified atom stereocenters. The lowest BCUT2D eigenvalue weighted by Gasteiger charge is -2.33. The largest absolute Gasteiger partial charge is 0.355 e. The van der Waals surface area contributed by atoms with Crippen LogP contribution in [0.3, 0.4) is 0 Å². The average molecular weight is 546 g/mol. The summed E-state index contributed by atoms with van der Waals surface area (Å²) in [5, 5.41) is 3.03. The number of rotatable bonds is 11. The zero-order valence-electron chi connectivity index (χ0n) is 20.6. The minimum atomic E-state index is -4.16. The summed E-state index contributed by atoms with van der Waals surface area (Å²) in [5.74, 6) is -1.39. The number of benzene rings is 3. The smallest absolute Gasteiger partial charge is 0.264 e. The fraction of sp³-hybridized carbons (Fsp3) is 0.259. The first-order valence-corrected chi connectivity index (χ1v) is 13.6. The van der Waals surface area contributed by atoms with Crippen molar-refractivity contribution in [2.45, 2.75) is 37.8 Å². The van der Waals surface area contributed by atoms with Crippen LogP contribution in [-0.4, -0.2) is 44.3 Å². The highest BCUT2D eigenvalue weighted by molar-refractivity contribution is 7.92. The number of anilines is 1. The van der Waals surface area contributed by atoms with Gasteiger partial charge in [0.15, 0.2) is 0 Å². The van der Waals surface area contributed by atoms with Gasteiger partial charge in [-0.3, -0.25) is 13.9 Å². The molecule has 3 rings (SSSR count). The quantitative estimate of drug-likeness (QED) is 0.381. The normalized spacial score (nSPS) is 12.0. The summed E-state index contributed by atoms with van der Waals surface area (Å²) >= 11 is 6.15. The first-order valence-electron chi connectivity index (χ1n) is 11.8. The number of carbonyl (C=O) groups is 2. The van der Waals surface area contributed by atoms with Crippen LogP contribution in [-0.2, 0) is 26.2 Å². The molecular weight excluding hydrogens is 517 g/mol. The number of carbonyl (C=O) groups excluding carboxylic acids is 2. The van der Waals surface area contributed by atoms with Crippen LogP contribution in [0, 0.1) is 5.82 Å². The van der Waals surface area contributed by atoms with Crippen molar-refractivity contribution in [3.63, 3.8) is 0 Å². The van der Waals surface area contributed by atoms with E-state index in [1.165, 1.54) is 47.4 Å². The van der Waals surface area contributed by atoms with Gasteiger partial charge in [0, 0.05) is 18.1 Å². The van der Waals surface area contributed by atoms with E-state index in [1.54, 1.807) is 50.2 Å². The zero-order valence-corrected chi connectivity index (χ0v) is 22.2. The first-order chi connectivity index (χ1) is 17.7. The molecule has 3 aromatic carbocycles. The lowest BCUT2D eigenvalue weighted by Crippen LogP contribution is -2.52. The van der Waals surface area contributed by atoms with Crippen molar-refractivity contribution in [1.29, 1.82) is 0 Å². The third kappa shape index (κ3) is 7.08. The van der Waals surface area contributed by atoms with Gasteiger partial charge in [-0.25, -0.2) is 12.8 Å². The molecule has 1 N–H and O–H groups in total. The van der Waals surface area contributed by atoms with E-state index in [-0.39, 0.29) is 23.0 Å². The maximum absolute atomic E-state index is 13.8. The zero-order chi connectivity index (χ0) is 27.0. The van der Waals surface area contributed by atoms with E-state index in [1.807, 2.05) is 0 Å². The SMILES string of the molecule is CCNC(=O)[C@H](CC)N(Cc1ccc(F)cc1)C(=O)CN(c1cccc(Cl)c1)S(=O)(=O)c1ccccc1. The van der Waals surface area contributed by atoms with E-state index in [9.17, 15) is 22.4 Å². The second kappa shape index (κ2) is 12.7. The van der Waals surface area contributed by atoms with Gasteiger partial charge in [-0.05, 0) is 61.4 Å². The Bertz CT molecular complexity index is 1320. The van der Waals surface area contributed by atoms with Gasteiger partial charge in [0.1, 0.15) is 18.4 Å². The van der Waals surface area contributed by atoms with Crippen LogP contribution in [0.2, 0.25) is 5.02 Å². The molecule has 1 atom stereocenters. The van der Waals surface area contributed by atoms with Gasteiger partial charge in [0.25, 0.3) is 10.0 Å². The van der Waals surface area contributed by atoms with Gasteiger partial charge >= 0.3 is 0 Å². The number of amides is 2. The molecule has 7 nitrogen and oxygen atoms in total. The Kier molecular flexibility index (Phi) is 9.66. The lowest BCUT2D eigenvalue weighted by atomic mass is 10.1. The third-order valence-corrected chi connectivity index (χ3v) is 7.73. The Hall–Kier alpha value is -3.43. The van der Waals surface area contributed by atoms with Crippen LogP contribution in [0.25, 0.3) is 0 Å². The van der Waals surface area contributed by atoms with Crippen LogP contribution < -0.4 is 9.62 Å². The number of nitrogens with one attached hydrogen (secondary N) is 1. The van der Waals surface area contributed by atoms with Gasteiger partial charge in [0.05, 0.1) is 10.6 Å². The van der Waals surface area contributed by atoms with Gasteiger partial charge < -0.3 is 10.2 Å². The highest BCUT2D eigenvalue weighted by Gasteiger charge is 2.33. The number of hydrogen-bond acceptors (Lipinski definition) is 4. The summed E-state index contributed by atoms with van der Waals surface area (Å²) in [5.41, 5.74) is 0.801. The van der Waals surface area contributed by atoms with Crippen LogP contribution in [0.1, 0.15) is 25.8 Å². The molecule has 3 aromatic rings. The van der Waals surface area contributed by atoms with Crippen molar-refractivity contribution < 1.29 is 22.4 Å². The Labute approximate surface area is 221 Å². The number of sulfonamides is 1. The predicted molar refractivity (Wildman–Crippen MR) is 142 cm³/mol. The summed E-state index contributed by atoms with van der Waals surface area (Å²) in [6.45, 7) is 3.31. The van der Waals surface area contributed by atoms with Gasteiger partial charge in [-0.1, -0.05) is 54.9 Å². The van der Waals surface area contributed by atoms with Crippen molar-refractivity contribution in [3.8, 4) is 0 Å². The maximum Gasteiger partial charge on any atom is 0.264 e. The second-order valence-corrected chi connectivity index (χ2v) is 10.6. The maximum atomic E-state index is 13.8. The van der Waals surface area contributed by atoms with Crippen molar-refractivity contribution in [1.82, 2.24) is 10.2 Å². The molecule has 0 heterocycles. The number of nitrogens with zero attached hydrogens (tertiary/aromatic N) is 2. The van der Waals surface area contributed by atoms with Crippen LogP contribution in [0.5, 0.6) is 0 Å². The monoisotopic (exact) mass is 545 g/mol. The molecule has 0 aliphatic heterocycles. The van der Waals surface area contributed by atoms with Crippen LogP contribution >= 0.6 is 11.6 Å². The van der Waals surface area contributed by atoms with Crippen LogP contribution in [0.15, 0.2) is 83.8 Å². The fourth-order valence-corrected chi connectivity index (χ4v) is 5.49. The highest BCUT2D eigenvalue weighted by Crippen LogP contribution is 2.27. The van der Waals surface area contributed by atoms with Crippen LogP contribution in [0.4, 0.5) is 10.1 Å². The minimum Gasteiger partial charge on any atom is -0.355 e. The summed E-state index contributed by atoms with van der Waals surface area (Å²) in [6, 6.07) is 18.7. The number of likely N-dealkylation sites (N-methyl/N-ethyl adjacent to an activating group) is 1. The second-order valence-electron chi connectivity index (χ2n) is 8.27. The molecular formula is C27H29ClFN3O4S. The topological polar surface area (TPSA) is 86.8 Å². The summed E-state index contributed by atoms with van der Waals surface area (Å²) in [6.07, 6.45) is 0.293. The highest BCUT2D eigenvalue weighted by atomic mass is 35.5. The Balaban J connectivity index is 2.04. The van der Waals surface area contributed by atoms with Gasteiger partial charge in [-0.2, -0.15) is 0 Å². The predicted octanol–water partition coefficient (Wildman–Crippen LogP) is 4.62. The molecule has 0 saturated heterocycles. The molecule has 0 bridgehead atoms. The average Bonchev–Trinajstić information content (AvgIpc) is 2.88. The van der Waals surface area contributed by atoms with Gasteiger partial charge in [0.2, 0.25) is 11.8 Å². The molecule has 0 radical (unpaired) electrons. The third-order valence-electron chi connectivity index (χ3n) is 5.71. The first kappa shape index (κ1) is 28.1. The van der Waals surface area contributed by atoms with Crippen molar-refractivity contribution in [2.75, 3.05) is 17.4 Å². The van der Waals surface area contributed by atoms with E-state index in [2.05, 4.69) is 5.32 Å². The summed E-state index contributed by atoms with van der Waals surface area (Å²) in [4.78, 5) is 28.0. The Morgan fingerprint density at radius 2 is 1.65 bits per heavy atom. The molecule has 0 aliphatic rings. The van der Waals surface area contributed by atoms with Crippen molar-refractivity contribution in [2.24, 2.45) is 0 Å². The van der Waals surface area contributed by atoms with E-state index < -0.39 is 34.3 Å². The molecule has 10 heteroatoms. The Morgan fingerprint density at radius 3 is 2.24 bits per heavy atom. The molecule has 0 saturated carbocycles. The van der Waals surface area contributed by atoms with Crippen molar-refractivity contribution >= 4 is 39.1 Å². The lowest BCUT2D eigenvalue weighted by molar-refractivity contribution is -0.140. The van der Waals surface area contributed by atoms with E-state index >= 15 is 0 Å². The van der Waals surface area contributed by atoms with E-state index in [4.69, 9.17) is 11.6 Å². The molecule has 0 fully saturated rings. The standard InChI is InChI=1S/C27H29ClFN3O4S/c1-3-25(27(34)30-4-2)31(18-20-13-15-22(29)16-14-20)26(33)19-32(23-10-8-9-21(28)17-23)37(35,36)24-11-6-5-7-12-24/h5-17,25H,3-4,18-19H2,1-2H3,(H,30,34)/t25-/m0/s1. The molecule has 0 spiro atoms. The molecule has 0 aromatic heterocycles. The summed E-state index contributed by atoms with van der Waals surface area (Å²) < 4.78 is 41.8. The van der Waals surface area contributed by atoms with Gasteiger partial charge in [-0.15, -0.1) is 0 Å².